The molecule has 0 saturated heterocycles. The number of aliphatic hydroxyl groups excluding tert-OH is 1. The molecule has 0 fully saturated rings. The number of carbonyl (C=O) groups excluding carboxylic acids is 1. The number of alkyl halides is 5. The predicted octanol–water partition coefficient (Wildman–Crippen LogP) is 2.12. The summed E-state index contributed by atoms with van der Waals surface area (Å²) in [6.07, 6.45) is -9.47. The third kappa shape index (κ3) is 4.16. The van der Waals surface area contributed by atoms with Crippen molar-refractivity contribution in [3.63, 3.8) is 0 Å². The van der Waals surface area contributed by atoms with E-state index in [1.807, 2.05) is 0 Å². The smallest absolute Gasteiger partial charge is 0.457 e. The van der Waals surface area contributed by atoms with Gasteiger partial charge in [0.1, 0.15) is 0 Å². The molecule has 0 rings (SSSR count). The summed E-state index contributed by atoms with van der Waals surface area (Å²) in [7, 11) is 0. The van der Waals surface area contributed by atoms with Gasteiger partial charge in [0, 0.05) is 22.4 Å². The Morgan fingerprint density at radius 2 is 1.57 bits per heavy atom. The molecule has 0 bridgehead atoms. The van der Waals surface area contributed by atoms with Crippen LogP contribution in [0.1, 0.15) is 0 Å². The minimum atomic E-state index is -5.62. The molecule has 0 aromatic heterocycles. The zero-order valence-electron chi connectivity index (χ0n) is 6.00. The molecule has 0 saturated carbocycles. The van der Waals surface area contributed by atoms with Gasteiger partial charge in [-0.1, -0.05) is 0 Å². The van der Waals surface area contributed by atoms with E-state index in [0.29, 0.717) is 0 Å². The standard InChI is InChI=1S/C5H2F6O2.Au/c6-1(2(12)4(7)8)3(13)5(9,10)11;/h4,12H;/b2-1+;. The number of hydrogen-bond acceptors (Lipinski definition) is 2. The van der Waals surface area contributed by atoms with Crippen molar-refractivity contribution in [2.24, 2.45) is 0 Å². The van der Waals surface area contributed by atoms with E-state index in [9.17, 15) is 31.1 Å². The predicted molar refractivity (Wildman–Crippen MR) is 27.8 cm³/mol. The summed E-state index contributed by atoms with van der Waals surface area (Å²) in [5, 5.41) is 7.96. The molecule has 9 heteroatoms. The second-order valence-electron chi connectivity index (χ2n) is 1.83. The van der Waals surface area contributed by atoms with Gasteiger partial charge in [0.2, 0.25) is 5.83 Å². The third-order valence-corrected chi connectivity index (χ3v) is 0.888. The molecular formula is C5H2AuF6O2. The molecule has 1 radical (unpaired) electrons. The normalized spacial score (nSPS) is 13.4. The van der Waals surface area contributed by atoms with Gasteiger partial charge in [0.15, 0.2) is 5.76 Å². The molecule has 0 aromatic rings. The maximum Gasteiger partial charge on any atom is 0.457 e. The fraction of sp³-hybridized carbons (Fsp3) is 0.400. The monoisotopic (exact) mass is 405 g/mol. The third-order valence-electron chi connectivity index (χ3n) is 0.888. The Morgan fingerprint density at radius 1 is 1.21 bits per heavy atom. The SMILES string of the molecule is O=C(/C(F)=C(\O)C(F)F)C(F)(F)F.[Au]. The zero-order valence-corrected chi connectivity index (χ0v) is 8.17. The fourth-order valence-electron chi connectivity index (χ4n) is 0.337. The first-order valence-corrected chi connectivity index (χ1v) is 2.66. The van der Waals surface area contributed by atoms with Crippen molar-refractivity contribution < 1.29 is 58.6 Å². The Balaban J connectivity index is 0. The Labute approximate surface area is 89.1 Å². The van der Waals surface area contributed by atoms with Crippen LogP contribution in [0.5, 0.6) is 0 Å². The molecule has 1 N–H and O–H groups in total. The molecule has 0 heterocycles. The molecule has 0 spiro atoms. The van der Waals surface area contributed by atoms with Gasteiger partial charge in [0.25, 0.3) is 12.2 Å². The van der Waals surface area contributed by atoms with Crippen LogP contribution < -0.4 is 0 Å². The van der Waals surface area contributed by atoms with E-state index < -0.39 is 30.0 Å². The zero-order chi connectivity index (χ0) is 10.8. The number of aliphatic hydroxyl groups is 1. The molecule has 0 aliphatic rings. The Morgan fingerprint density at radius 3 is 1.79 bits per heavy atom. The van der Waals surface area contributed by atoms with Crippen LogP contribution in [0.4, 0.5) is 26.3 Å². The van der Waals surface area contributed by atoms with Gasteiger partial charge in [-0.15, -0.1) is 0 Å². The fourth-order valence-corrected chi connectivity index (χ4v) is 0.337. The Kier molecular flexibility index (Phi) is 6.19. The number of ketones is 1. The molecule has 87 valence electrons. The van der Waals surface area contributed by atoms with Crippen molar-refractivity contribution in [1.82, 2.24) is 0 Å². The molecule has 0 amide bonds. The van der Waals surface area contributed by atoms with Gasteiger partial charge in [0.05, 0.1) is 0 Å². The average Bonchev–Trinajstić information content (AvgIpc) is 1.98. The van der Waals surface area contributed by atoms with E-state index in [-0.39, 0.29) is 22.4 Å². The van der Waals surface area contributed by atoms with Gasteiger partial charge >= 0.3 is 6.18 Å². The maximum atomic E-state index is 12.0. The largest absolute Gasteiger partial charge is 0.504 e. The number of Topliss-reactive ketones (excluding diaryl/α,β-unsaturated/α-hetero) is 1. The molecule has 0 atom stereocenters. The Bertz CT molecular complexity index is 245. The van der Waals surface area contributed by atoms with Gasteiger partial charge in [-0.3, -0.25) is 4.79 Å². The summed E-state index contributed by atoms with van der Waals surface area (Å²) in [4.78, 5) is 9.86. The van der Waals surface area contributed by atoms with E-state index in [0.717, 1.165) is 0 Å². The number of halogens is 6. The second-order valence-corrected chi connectivity index (χ2v) is 1.83. The Hall–Kier alpha value is -0.470. The number of hydrogen-bond donors (Lipinski definition) is 1. The van der Waals surface area contributed by atoms with E-state index in [2.05, 4.69) is 0 Å². The van der Waals surface area contributed by atoms with Crippen LogP contribution in [0.25, 0.3) is 0 Å². The van der Waals surface area contributed by atoms with Gasteiger partial charge in [-0.25, -0.2) is 8.78 Å². The second kappa shape index (κ2) is 5.42. The topological polar surface area (TPSA) is 37.3 Å². The van der Waals surface area contributed by atoms with E-state index in [1.165, 1.54) is 0 Å². The quantitative estimate of drug-likeness (QED) is 0.331. The van der Waals surface area contributed by atoms with Crippen molar-refractivity contribution in [3.8, 4) is 0 Å². The van der Waals surface area contributed by atoms with Crippen LogP contribution in [0, 0.1) is 0 Å². The minimum Gasteiger partial charge on any atom is -0.504 e. The van der Waals surface area contributed by atoms with Gasteiger partial charge < -0.3 is 5.11 Å². The summed E-state index contributed by atoms with van der Waals surface area (Å²) in [5.74, 6) is -8.53. The summed E-state index contributed by atoms with van der Waals surface area (Å²) in [5.41, 5.74) is 0. The maximum absolute atomic E-state index is 12.0. The summed E-state index contributed by atoms with van der Waals surface area (Å²) in [6.45, 7) is 0. The van der Waals surface area contributed by atoms with Crippen molar-refractivity contribution >= 4 is 5.78 Å². The van der Waals surface area contributed by atoms with Crippen LogP contribution in [0.3, 0.4) is 0 Å². The first kappa shape index (κ1) is 16.0. The molecular weight excluding hydrogens is 403 g/mol. The van der Waals surface area contributed by atoms with Crippen LogP contribution in [-0.2, 0) is 27.2 Å². The van der Waals surface area contributed by atoms with Gasteiger partial charge in [-0.05, 0) is 0 Å². The van der Waals surface area contributed by atoms with E-state index in [1.54, 1.807) is 0 Å². The van der Waals surface area contributed by atoms with Crippen molar-refractivity contribution in [2.45, 2.75) is 12.6 Å². The molecule has 0 aliphatic carbocycles. The molecule has 0 aliphatic heterocycles. The summed E-state index contributed by atoms with van der Waals surface area (Å²) in [6, 6.07) is 0. The van der Waals surface area contributed by atoms with Crippen molar-refractivity contribution in [2.75, 3.05) is 0 Å². The molecule has 2 nitrogen and oxygen atoms in total. The molecule has 0 aromatic carbocycles. The minimum absolute atomic E-state index is 0. The average molecular weight is 405 g/mol. The summed E-state index contributed by atoms with van der Waals surface area (Å²) >= 11 is 0. The van der Waals surface area contributed by atoms with Crippen LogP contribution >= 0.6 is 0 Å². The molecule has 14 heavy (non-hydrogen) atoms. The van der Waals surface area contributed by atoms with Crippen LogP contribution in [-0.4, -0.2) is 23.5 Å². The van der Waals surface area contributed by atoms with Crippen LogP contribution in [0.2, 0.25) is 0 Å². The number of carbonyl (C=O) groups is 1. The molecule has 0 unspecified atom stereocenters. The number of rotatable bonds is 2. The van der Waals surface area contributed by atoms with Crippen molar-refractivity contribution in [1.29, 1.82) is 0 Å². The summed E-state index contributed by atoms with van der Waals surface area (Å²) < 4.78 is 68.8. The van der Waals surface area contributed by atoms with Crippen LogP contribution in [0.15, 0.2) is 11.6 Å². The first-order chi connectivity index (χ1) is 5.68. The van der Waals surface area contributed by atoms with Crippen molar-refractivity contribution in [3.05, 3.63) is 11.6 Å². The number of allylic oxidation sites excluding steroid dienone is 2. The van der Waals surface area contributed by atoms with E-state index >= 15 is 0 Å². The van der Waals surface area contributed by atoms with E-state index in [4.69, 9.17) is 5.11 Å². The van der Waals surface area contributed by atoms with Gasteiger partial charge in [-0.2, -0.15) is 17.6 Å². The first-order valence-electron chi connectivity index (χ1n) is 2.66.